The topological polar surface area (TPSA) is 40.6 Å². The maximum absolute atomic E-state index is 12.8. The molecule has 3 atom stereocenters. The molecular formula is C17H20N2O2. The molecule has 1 saturated carbocycles. The van der Waals surface area contributed by atoms with E-state index < -0.39 is 0 Å². The molecule has 1 aromatic rings. The van der Waals surface area contributed by atoms with Crippen molar-refractivity contribution in [1.29, 1.82) is 0 Å². The summed E-state index contributed by atoms with van der Waals surface area (Å²) in [5, 5.41) is 0. The molecule has 3 amide bonds. The van der Waals surface area contributed by atoms with Crippen LogP contribution in [0.3, 0.4) is 0 Å². The third-order valence-electron chi connectivity index (χ3n) is 5.27. The number of nitrogens with zero attached hydrogens (tertiary/aromatic N) is 2. The molecule has 0 spiro atoms. The molecular weight excluding hydrogens is 264 g/mol. The molecule has 2 heterocycles. The van der Waals surface area contributed by atoms with Crippen molar-refractivity contribution in [3.63, 3.8) is 0 Å². The van der Waals surface area contributed by atoms with Gasteiger partial charge in [0.15, 0.2) is 0 Å². The molecule has 3 unspecified atom stereocenters. The summed E-state index contributed by atoms with van der Waals surface area (Å²) in [7, 11) is 0. The highest BCUT2D eigenvalue weighted by atomic mass is 16.2. The first-order chi connectivity index (χ1) is 10.2. The van der Waals surface area contributed by atoms with Crippen LogP contribution in [-0.2, 0) is 4.79 Å². The first-order valence-electron chi connectivity index (χ1n) is 7.90. The van der Waals surface area contributed by atoms with Gasteiger partial charge in [-0.05, 0) is 49.8 Å². The van der Waals surface area contributed by atoms with Crippen LogP contribution in [-0.4, -0.2) is 28.9 Å². The standard InChI is InChI=1S/C17H20N2O2/c1-11-5-4-7-13(9-11)18-16(20)15-10-12-6-2-3-8-14(12)19(15)17(18)21/h4-5,7,9,12,14-15H,2-3,6,8,10H2,1H3. The van der Waals surface area contributed by atoms with Gasteiger partial charge in [-0.25, -0.2) is 9.69 Å². The number of fused-ring (bicyclic) bond motifs is 3. The number of carbonyl (C=O) groups is 2. The van der Waals surface area contributed by atoms with Crippen molar-refractivity contribution in [3.8, 4) is 0 Å². The number of imide groups is 1. The summed E-state index contributed by atoms with van der Waals surface area (Å²) in [6, 6.07) is 7.61. The number of hydrogen-bond donors (Lipinski definition) is 0. The van der Waals surface area contributed by atoms with Crippen molar-refractivity contribution in [3.05, 3.63) is 29.8 Å². The molecule has 2 aliphatic heterocycles. The van der Waals surface area contributed by atoms with Crippen molar-refractivity contribution >= 4 is 17.6 Å². The summed E-state index contributed by atoms with van der Waals surface area (Å²) in [5.74, 6) is 0.510. The van der Waals surface area contributed by atoms with E-state index in [2.05, 4.69) is 0 Å². The first-order valence-corrected chi connectivity index (χ1v) is 7.90. The average molecular weight is 284 g/mol. The summed E-state index contributed by atoms with van der Waals surface area (Å²) in [4.78, 5) is 28.8. The minimum atomic E-state index is -0.217. The van der Waals surface area contributed by atoms with Crippen LogP contribution in [0.1, 0.15) is 37.7 Å². The third-order valence-corrected chi connectivity index (χ3v) is 5.27. The van der Waals surface area contributed by atoms with Crippen LogP contribution in [0.4, 0.5) is 10.5 Å². The van der Waals surface area contributed by atoms with Crippen molar-refractivity contribution in [2.24, 2.45) is 5.92 Å². The number of carbonyl (C=O) groups excluding carboxylic acids is 2. The average Bonchev–Trinajstić information content (AvgIpc) is 2.96. The van der Waals surface area contributed by atoms with Crippen LogP contribution >= 0.6 is 0 Å². The first kappa shape index (κ1) is 12.9. The van der Waals surface area contributed by atoms with Gasteiger partial charge in [0.25, 0.3) is 5.91 Å². The molecule has 110 valence electrons. The highest BCUT2D eigenvalue weighted by Crippen LogP contribution is 2.44. The fourth-order valence-electron chi connectivity index (χ4n) is 4.32. The molecule has 0 bridgehead atoms. The van der Waals surface area contributed by atoms with Gasteiger partial charge in [-0.3, -0.25) is 4.79 Å². The predicted molar refractivity (Wildman–Crippen MR) is 80.1 cm³/mol. The Kier molecular flexibility index (Phi) is 2.81. The van der Waals surface area contributed by atoms with Gasteiger partial charge in [-0.2, -0.15) is 0 Å². The zero-order valence-corrected chi connectivity index (χ0v) is 12.3. The van der Waals surface area contributed by atoms with Gasteiger partial charge in [0, 0.05) is 6.04 Å². The maximum Gasteiger partial charge on any atom is 0.332 e. The van der Waals surface area contributed by atoms with Gasteiger partial charge in [0.05, 0.1) is 5.69 Å². The normalized spacial score (nSPS) is 31.6. The molecule has 3 fully saturated rings. The smallest absolute Gasteiger partial charge is 0.309 e. The maximum atomic E-state index is 12.8. The van der Waals surface area contributed by atoms with E-state index >= 15 is 0 Å². The number of urea groups is 1. The zero-order valence-electron chi connectivity index (χ0n) is 12.3. The van der Waals surface area contributed by atoms with E-state index in [1.54, 1.807) is 0 Å². The molecule has 3 aliphatic rings. The number of hydrogen-bond acceptors (Lipinski definition) is 2. The van der Waals surface area contributed by atoms with Crippen LogP contribution < -0.4 is 4.90 Å². The molecule has 1 aromatic carbocycles. The zero-order chi connectivity index (χ0) is 14.6. The predicted octanol–water partition coefficient (Wildman–Crippen LogP) is 3.09. The summed E-state index contributed by atoms with van der Waals surface area (Å²) in [6.07, 6.45) is 5.50. The molecule has 0 aromatic heterocycles. The largest absolute Gasteiger partial charge is 0.332 e. The van der Waals surface area contributed by atoms with E-state index in [9.17, 15) is 9.59 Å². The van der Waals surface area contributed by atoms with Crippen LogP contribution in [0.15, 0.2) is 24.3 Å². The molecule has 21 heavy (non-hydrogen) atoms. The second-order valence-corrected chi connectivity index (χ2v) is 6.57. The SMILES string of the molecule is Cc1cccc(N2C(=O)C3CC4CCCCC4N3C2=O)c1. The Hall–Kier alpha value is -1.84. The van der Waals surface area contributed by atoms with Crippen molar-refractivity contribution in [2.75, 3.05) is 4.90 Å². The van der Waals surface area contributed by atoms with Gasteiger partial charge in [-0.15, -0.1) is 0 Å². The fourth-order valence-corrected chi connectivity index (χ4v) is 4.32. The molecule has 0 N–H and O–H groups in total. The minimum Gasteiger partial charge on any atom is -0.309 e. The molecule has 4 nitrogen and oxygen atoms in total. The molecule has 2 saturated heterocycles. The second-order valence-electron chi connectivity index (χ2n) is 6.57. The van der Waals surface area contributed by atoms with Crippen molar-refractivity contribution in [1.82, 2.24) is 4.90 Å². The minimum absolute atomic E-state index is 0.0278. The van der Waals surface area contributed by atoms with E-state index in [1.165, 1.54) is 24.2 Å². The van der Waals surface area contributed by atoms with E-state index in [1.807, 2.05) is 36.1 Å². The van der Waals surface area contributed by atoms with Crippen LogP contribution in [0.25, 0.3) is 0 Å². The lowest BCUT2D eigenvalue weighted by molar-refractivity contribution is -0.119. The van der Waals surface area contributed by atoms with Gasteiger partial charge in [0.2, 0.25) is 0 Å². The Morgan fingerprint density at radius 2 is 1.95 bits per heavy atom. The summed E-state index contributed by atoms with van der Waals surface area (Å²) in [5.41, 5.74) is 1.78. The lowest BCUT2D eigenvalue weighted by Crippen LogP contribution is -2.41. The number of rotatable bonds is 1. The second kappa shape index (κ2) is 4.58. The molecule has 1 aliphatic carbocycles. The highest BCUT2D eigenvalue weighted by Gasteiger charge is 2.55. The van der Waals surface area contributed by atoms with Gasteiger partial charge < -0.3 is 4.90 Å². The summed E-state index contributed by atoms with van der Waals surface area (Å²) in [6.45, 7) is 1.98. The Balaban J connectivity index is 1.68. The van der Waals surface area contributed by atoms with Crippen LogP contribution in [0.2, 0.25) is 0 Å². The Bertz CT molecular complexity index is 613. The molecule has 0 radical (unpaired) electrons. The van der Waals surface area contributed by atoms with Gasteiger partial charge in [0.1, 0.15) is 6.04 Å². The summed E-state index contributed by atoms with van der Waals surface area (Å²) < 4.78 is 0. The quantitative estimate of drug-likeness (QED) is 0.744. The number of benzene rings is 1. The lowest BCUT2D eigenvalue weighted by Gasteiger charge is -2.31. The Morgan fingerprint density at radius 3 is 2.76 bits per heavy atom. The molecule has 4 heteroatoms. The van der Waals surface area contributed by atoms with Crippen LogP contribution in [0, 0.1) is 12.8 Å². The number of amides is 3. The molecule has 4 rings (SSSR count). The fraction of sp³-hybridized carbons (Fsp3) is 0.529. The van der Waals surface area contributed by atoms with Crippen LogP contribution in [0.5, 0.6) is 0 Å². The number of aryl methyl sites for hydroxylation is 1. The van der Waals surface area contributed by atoms with E-state index in [-0.39, 0.29) is 24.0 Å². The van der Waals surface area contributed by atoms with Gasteiger partial charge >= 0.3 is 6.03 Å². The van der Waals surface area contributed by atoms with E-state index in [4.69, 9.17) is 0 Å². The highest BCUT2D eigenvalue weighted by molar-refractivity contribution is 6.21. The Labute approximate surface area is 124 Å². The third kappa shape index (κ3) is 1.81. The monoisotopic (exact) mass is 284 g/mol. The van der Waals surface area contributed by atoms with E-state index in [0.717, 1.165) is 18.4 Å². The Morgan fingerprint density at radius 1 is 1.14 bits per heavy atom. The number of anilines is 1. The van der Waals surface area contributed by atoms with Gasteiger partial charge in [-0.1, -0.05) is 25.0 Å². The van der Waals surface area contributed by atoms with Crippen molar-refractivity contribution < 1.29 is 9.59 Å². The lowest BCUT2D eigenvalue weighted by atomic mass is 9.84. The van der Waals surface area contributed by atoms with Crippen molar-refractivity contribution in [2.45, 2.75) is 51.1 Å². The van der Waals surface area contributed by atoms with E-state index in [0.29, 0.717) is 11.6 Å². The summed E-state index contributed by atoms with van der Waals surface area (Å²) >= 11 is 0.